The van der Waals surface area contributed by atoms with E-state index in [0.717, 1.165) is 35.3 Å². The van der Waals surface area contributed by atoms with Crippen LogP contribution < -0.4 is 4.74 Å². The Kier molecular flexibility index (Phi) is 6.70. The summed E-state index contributed by atoms with van der Waals surface area (Å²) in [7, 11) is 3.01. The maximum absolute atomic E-state index is 13.1. The molecule has 0 aliphatic heterocycles. The third kappa shape index (κ3) is 4.37. The Morgan fingerprint density at radius 2 is 1.71 bits per heavy atom. The number of carbonyl (C=O) groups excluding carboxylic acids is 1. The average molecular weight is 481 g/mol. The Bertz CT molecular complexity index is 1060. The number of thiophene rings is 1. The standard InChI is InChI=1S/C28H32O5S/c1-4-32-27(31-3)33-24-22(11-10-18-8-6-5-7-9-18)34-25(26(29)30-2)23(24)28-15-19-12-20(16-28)14-21(13-19)17-28/h5-9,19-21,27H,4,12-17H2,1-3H3. The summed E-state index contributed by atoms with van der Waals surface area (Å²) in [5, 5.41) is 0. The zero-order valence-corrected chi connectivity index (χ0v) is 20.9. The summed E-state index contributed by atoms with van der Waals surface area (Å²) >= 11 is 1.37. The Morgan fingerprint density at radius 3 is 2.26 bits per heavy atom. The molecule has 34 heavy (non-hydrogen) atoms. The predicted octanol–water partition coefficient (Wildman–Crippen LogP) is 5.75. The van der Waals surface area contributed by atoms with Crippen molar-refractivity contribution in [1.82, 2.24) is 0 Å². The number of ether oxygens (including phenoxy) is 4. The maximum atomic E-state index is 13.1. The van der Waals surface area contributed by atoms with Crippen LogP contribution in [0.1, 0.15) is 71.1 Å². The molecule has 4 aliphatic rings. The van der Waals surface area contributed by atoms with E-state index in [4.69, 9.17) is 18.9 Å². The summed E-state index contributed by atoms with van der Waals surface area (Å²) < 4.78 is 22.8. The van der Waals surface area contributed by atoms with Gasteiger partial charge in [0, 0.05) is 23.7 Å². The molecule has 0 N–H and O–H groups in total. The van der Waals surface area contributed by atoms with Crippen LogP contribution in [0.2, 0.25) is 0 Å². The molecular formula is C28H32O5S. The first-order valence-electron chi connectivity index (χ1n) is 12.2. The van der Waals surface area contributed by atoms with Crippen molar-refractivity contribution in [2.24, 2.45) is 17.8 Å². The summed E-state index contributed by atoms with van der Waals surface area (Å²) in [5.74, 6) is 9.00. The van der Waals surface area contributed by atoms with E-state index in [1.54, 1.807) is 7.11 Å². The van der Waals surface area contributed by atoms with Crippen molar-refractivity contribution in [1.29, 1.82) is 0 Å². The van der Waals surface area contributed by atoms with Crippen LogP contribution in [0.3, 0.4) is 0 Å². The van der Waals surface area contributed by atoms with E-state index in [1.807, 2.05) is 37.3 Å². The highest BCUT2D eigenvalue weighted by molar-refractivity contribution is 7.15. The van der Waals surface area contributed by atoms with Gasteiger partial charge in [0.25, 0.3) is 0 Å². The molecule has 4 bridgehead atoms. The molecule has 2 aromatic rings. The first-order valence-corrected chi connectivity index (χ1v) is 13.0. The van der Waals surface area contributed by atoms with Gasteiger partial charge in [-0.1, -0.05) is 24.1 Å². The molecule has 1 heterocycles. The third-order valence-electron chi connectivity index (χ3n) is 7.61. The van der Waals surface area contributed by atoms with E-state index < -0.39 is 6.48 Å². The number of rotatable bonds is 7. The molecule has 1 unspecified atom stereocenters. The van der Waals surface area contributed by atoms with Gasteiger partial charge in [0.05, 0.1) is 13.7 Å². The van der Waals surface area contributed by atoms with Gasteiger partial charge >= 0.3 is 12.4 Å². The highest BCUT2D eigenvalue weighted by Gasteiger charge is 2.54. The molecule has 0 radical (unpaired) electrons. The quantitative estimate of drug-likeness (QED) is 0.287. The number of carbonyl (C=O) groups is 1. The average Bonchev–Trinajstić information content (AvgIpc) is 3.20. The second-order valence-corrected chi connectivity index (χ2v) is 10.9. The lowest BCUT2D eigenvalue weighted by molar-refractivity contribution is -0.231. The van der Waals surface area contributed by atoms with Crippen LogP contribution in [0, 0.1) is 29.6 Å². The smallest absolute Gasteiger partial charge is 0.348 e. The maximum Gasteiger partial charge on any atom is 0.348 e. The molecule has 4 fully saturated rings. The minimum atomic E-state index is -0.866. The van der Waals surface area contributed by atoms with Crippen LogP contribution in [0.15, 0.2) is 30.3 Å². The summed E-state index contributed by atoms with van der Waals surface area (Å²) in [6.07, 6.45) is 7.21. The van der Waals surface area contributed by atoms with Crippen molar-refractivity contribution in [3.63, 3.8) is 0 Å². The first kappa shape index (κ1) is 23.4. The van der Waals surface area contributed by atoms with Gasteiger partial charge in [0.2, 0.25) is 0 Å². The summed E-state index contributed by atoms with van der Waals surface area (Å²) in [5.41, 5.74) is 1.80. The first-order chi connectivity index (χ1) is 16.5. The highest BCUT2D eigenvalue weighted by Crippen LogP contribution is 2.63. The van der Waals surface area contributed by atoms with E-state index in [1.165, 1.54) is 37.7 Å². The summed E-state index contributed by atoms with van der Waals surface area (Å²) in [4.78, 5) is 14.4. The van der Waals surface area contributed by atoms with Gasteiger partial charge in [0.15, 0.2) is 5.75 Å². The molecule has 4 aliphatic carbocycles. The second kappa shape index (κ2) is 9.73. The van der Waals surface area contributed by atoms with E-state index in [9.17, 15) is 4.79 Å². The van der Waals surface area contributed by atoms with Crippen molar-refractivity contribution in [2.45, 2.75) is 57.3 Å². The zero-order chi connectivity index (χ0) is 23.7. The predicted molar refractivity (Wildman–Crippen MR) is 131 cm³/mol. The fraction of sp³-hybridized carbons (Fsp3) is 0.536. The van der Waals surface area contributed by atoms with Crippen LogP contribution in [-0.2, 0) is 19.6 Å². The molecule has 0 amide bonds. The van der Waals surface area contributed by atoms with Crippen LogP contribution in [0.25, 0.3) is 0 Å². The topological polar surface area (TPSA) is 54.0 Å². The van der Waals surface area contributed by atoms with Crippen molar-refractivity contribution < 1.29 is 23.7 Å². The van der Waals surface area contributed by atoms with Crippen LogP contribution in [0.4, 0.5) is 0 Å². The molecule has 6 heteroatoms. The normalized spacial score (nSPS) is 27.7. The SMILES string of the molecule is CCOC(OC)Oc1c(C#Cc2ccccc2)sc(C(=O)OC)c1C12CC3CC(CC(C3)C1)C2. The Hall–Kier alpha value is -2.33. The molecular weight excluding hydrogens is 448 g/mol. The van der Waals surface area contributed by atoms with Gasteiger partial charge in [-0.2, -0.15) is 0 Å². The summed E-state index contributed by atoms with van der Waals surface area (Å²) in [6.45, 7) is 1.48. The number of methoxy groups -OCH3 is 2. The highest BCUT2D eigenvalue weighted by atomic mass is 32.1. The van der Waals surface area contributed by atoms with E-state index in [0.29, 0.717) is 35.0 Å². The van der Waals surface area contributed by atoms with Gasteiger partial charge in [0.1, 0.15) is 9.75 Å². The van der Waals surface area contributed by atoms with Crippen molar-refractivity contribution in [3.8, 4) is 17.6 Å². The fourth-order valence-corrected chi connectivity index (χ4v) is 7.91. The Labute approximate surface area is 205 Å². The molecule has 1 atom stereocenters. The molecule has 6 rings (SSSR count). The van der Waals surface area contributed by atoms with Crippen molar-refractivity contribution in [2.75, 3.05) is 20.8 Å². The number of esters is 1. The fourth-order valence-electron chi connectivity index (χ4n) is 6.78. The molecule has 1 aromatic carbocycles. The minimum absolute atomic E-state index is 0.0821. The van der Waals surface area contributed by atoms with Gasteiger partial charge in [-0.3, -0.25) is 0 Å². The second-order valence-electron chi connectivity index (χ2n) is 9.87. The van der Waals surface area contributed by atoms with Crippen molar-refractivity contribution >= 4 is 17.3 Å². The lowest BCUT2D eigenvalue weighted by Crippen LogP contribution is -2.49. The van der Waals surface area contributed by atoms with Crippen LogP contribution in [0.5, 0.6) is 5.75 Å². The molecule has 180 valence electrons. The zero-order valence-electron chi connectivity index (χ0n) is 20.1. The van der Waals surface area contributed by atoms with Gasteiger partial charge in [-0.15, -0.1) is 11.3 Å². The van der Waals surface area contributed by atoms with Gasteiger partial charge < -0.3 is 18.9 Å². The van der Waals surface area contributed by atoms with Crippen LogP contribution >= 0.6 is 11.3 Å². The largest absolute Gasteiger partial charge is 0.465 e. The van der Waals surface area contributed by atoms with Gasteiger partial charge in [-0.25, -0.2) is 4.79 Å². The minimum Gasteiger partial charge on any atom is -0.465 e. The number of hydrogen-bond donors (Lipinski definition) is 0. The molecule has 0 spiro atoms. The summed E-state index contributed by atoms with van der Waals surface area (Å²) in [6, 6.07) is 9.84. The Balaban J connectivity index is 1.66. The Morgan fingerprint density at radius 1 is 1.06 bits per heavy atom. The lowest BCUT2D eigenvalue weighted by atomic mass is 9.48. The lowest BCUT2D eigenvalue weighted by Gasteiger charge is -2.57. The molecule has 5 nitrogen and oxygen atoms in total. The van der Waals surface area contributed by atoms with Gasteiger partial charge in [-0.05, 0) is 81.3 Å². The van der Waals surface area contributed by atoms with E-state index in [2.05, 4.69) is 11.8 Å². The third-order valence-corrected chi connectivity index (χ3v) is 8.67. The van der Waals surface area contributed by atoms with E-state index >= 15 is 0 Å². The molecule has 0 saturated heterocycles. The molecule has 4 saturated carbocycles. The monoisotopic (exact) mass is 480 g/mol. The van der Waals surface area contributed by atoms with Crippen molar-refractivity contribution in [3.05, 3.63) is 51.2 Å². The molecule has 1 aromatic heterocycles. The number of hydrogen-bond acceptors (Lipinski definition) is 6. The number of benzene rings is 1. The van der Waals surface area contributed by atoms with Crippen LogP contribution in [-0.4, -0.2) is 33.3 Å². The van der Waals surface area contributed by atoms with E-state index in [-0.39, 0.29) is 11.4 Å².